The highest BCUT2D eigenvalue weighted by Gasteiger charge is 2.21. The largest absolute Gasteiger partial charge is 0.493 e. The minimum atomic E-state index is -4.02. The van der Waals surface area contributed by atoms with Gasteiger partial charge < -0.3 is 9.47 Å². The van der Waals surface area contributed by atoms with Crippen LogP contribution in [-0.2, 0) is 10.0 Å². The number of para-hydroxylation sites is 1. The van der Waals surface area contributed by atoms with Crippen molar-refractivity contribution in [3.05, 3.63) is 70.1 Å². The summed E-state index contributed by atoms with van der Waals surface area (Å²) in [6.45, 7) is 1.68. The smallest absolute Gasteiger partial charge is 0.262 e. The van der Waals surface area contributed by atoms with E-state index in [4.69, 9.17) is 32.7 Å². The number of ether oxygens (including phenoxy) is 2. The van der Waals surface area contributed by atoms with Crippen LogP contribution in [0.4, 0.5) is 10.1 Å². The zero-order chi connectivity index (χ0) is 21.2. The number of hydrogen-bond donors (Lipinski definition) is 1. The first kappa shape index (κ1) is 21.2. The van der Waals surface area contributed by atoms with E-state index in [1.165, 1.54) is 55.8 Å². The minimum Gasteiger partial charge on any atom is -0.493 e. The first-order valence-corrected chi connectivity index (χ1v) is 10.4. The molecule has 0 spiro atoms. The summed E-state index contributed by atoms with van der Waals surface area (Å²) in [6.07, 6.45) is 1.24. The van der Waals surface area contributed by atoms with Crippen molar-refractivity contribution >= 4 is 38.9 Å². The van der Waals surface area contributed by atoms with Gasteiger partial charge in [-0.2, -0.15) is 0 Å². The van der Waals surface area contributed by atoms with Gasteiger partial charge in [0.1, 0.15) is 5.69 Å². The molecule has 1 heterocycles. The number of nitrogens with one attached hydrogen (secondary N) is 1. The molecule has 0 bridgehead atoms. The molecular formula is C19H15Cl2FN2O4S. The van der Waals surface area contributed by atoms with Crippen molar-refractivity contribution in [2.24, 2.45) is 0 Å². The molecule has 2 aromatic carbocycles. The van der Waals surface area contributed by atoms with E-state index in [2.05, 4.69) is 9.71 Å². The Morgan fingerprint density at radius 1 is 1.14 bits per heavy atom. The molecular weight excluding hydrogens is 442 g/mol. The highest BCUT2D eigenvalue weighted by molar-refractivity contribution is 7.92. The number of sulfonamides is 1. The Labute approximate surface area is 177 Å². The number of nitrogens with zero attached hydrogens (tertiary/aromatic N) is 1. The van der Waals surface area contributed by atoms with Crippen molar-refractivity contribution in [3.8, 4) is 17.4 Å². The molecule has 1 aromatic heterocycles. The lowest BCUT2D eigenvalue weighted by molar-refractivity contribution is 0.359. The summed E-state index contributed by atoms with van der Waals surface area (Å²) in [7, 11) is -2.67. The Kier molecular flexibility index (Phi) is 6.16. The summed E-state index contributed by atoms with van der Waals surface area (Å²) in [5.41, 5.74) is 0.515. The number of aromatic nitrogens is 1. The highest BCUT2D eigenvalue weighted by Crippen LogP contribution is 2.37. The van der Waals surface area contributed by atoms with Gasteiger partial charge in [0, 0.05) is 11.2 Å². The summed E-state index contributed by atoms with van der Waals surface area (Å²) in [6, 6.07) is 9.67. The summed E-state index contributed by atoms with van der Waals surface area (Å²) in [4.78, 5) is 3.96. The molecule has 6 nitrogen and oxygen atoms in total. The Bertz CT molecular complexity index is 1170. The Hall–Kier alpha value is -2.55. The second-order valence-electron chi connectivity index (χ2n) is 5.90. The molecule has 0 fully saturated rings. The van der Waals surface area contributed by atoms with Gasteiger partial charge in [0.15, 0.2) is 11.6 Å². The molecule has 0 amide bonds. The van der Waals surface area contributed by atoms with Crippen LogP contribution in [0.15, 0.2) is 53.6 Å². The first-order chi connectivity index (χ1) is 13.7. The minimum absolute atomic E-state index is 0.0196. The van der Waals surface area contributed by atoms with Crippen molar-refractivity contribution < 1.29 is 22.3 Å². The average molecular weight is 457 g/mol. The normalized spacial score (nSPS) is 11.2. The quantitative estimate of drug-likeness (QED) is 0.534. The van der Waals surface area contributed by atoms with Gasteiger partial charge in [-0.1, -0.05) is 29.3 Å². The van der Waals surface area contributed by atoms with Crippen LogP contribution in [-0.4, -0.2) is 20.5 Å². The molecule has 10 heteroatoms. The summed E-state index contributed by atoms with van der Waals surface area (Å²) < 4.78 is 52.8. The molecule has 0 unspecified atom stereocenters. The zero-order valence-electron chi connectivity index (χ0n) is 15.2. The van der Waals surface area contributed by atoms with Crippen molar-refractivity contribution in [3.63, 3.8) is 0 Å². The van der Waals surface area contributed by atoms with Crippen LogP contribution in [0.3, 0.4) is 0 Å². The second kappa shape index (κ2) is 8.44. The third-order valence-electron chi connectivity index (χ3n) is 3.85. The van der Waals surface area contributed by atoms with E-state index in [0.717, 1.165) is 0 Å². The molecule has 0 atom stereocenters. The van der Waals surface area contributed by atoms with Crippen LogP contribution in [0, 0.1) is 12.7 Å². The molecule has 1 N–H and O–H groups in total. The molecule has 3 aromatic rings. The molecule has 152 valence electrons. The van der Waals surface area contributed by atoms with Gasteiger partial charge in [-0.05, 0) is 48.9 Å². The lowest BCUT2D eigenvalue weighted by atomic mass is 10.2. The van der Waals surface area contributed by atoms with Gasteiger partial charge in [0.05, 0.1) is 17.0 Å². The fourth-order valence-electron chi connectivity index (χ4n) is 2.41. The van der Waals surface area contributed by atoms with Crippen molar-refractivity contribution in [1.29, 1.82) is 0 Å². The molecule has 0 radical (unpaired) electrons. The number of pyridine rings is 1. The number of aryl methyl sites for hydroxylation is 1. The fourth-order valence-corrected chi connectivity index (χ4v) is 3.82. The molecule has 0 aliphatic rings. The Morgan fingerprint density at radius 3 is 2.59 bits per heavy atom. The number of anilines is 1. The van der Waals surface area contributed by atoms with Crippen molar-refractivity contribution in [2.75, 3.05) is 11.8 Å². The predicted molar refractivity (Wildman–Crippen MR) is 109 cm³/mol. The van der Waals surface area contributed by atoms with Crippen LogP contribution < -0.4 is 14.2 Å². The number of rotatable bonds is 6. The summed E-state index contributed by atoms with van der Waals surface area (Å²) in [5, 5.41) is 0.590. The predicted octanol–water partition coefficient (Wildman–Crippen LogP) is 5.44. The molecule has 0 saturated heterocycles. The van der Waals surface area contributed by atoms with Crippen molar-refractivity contribution in [2.45, 2.75) is 11.8 Å². The van der Waals surface area contributed by atoms with Crippen LogP contribution in [0.25, 0.3) is 0 Å². The van der Waals surface area contributed by atoms with E-state index in [9.17, 15) is 12.8 Å². The van der Waals surface area contributed by atoms with E-state index < -0.39 is 15.8 Å². The zero-order valence-corrected chi connectivity index (χ0v) is 17.6. The summed E-state index contributed by atoms with van der Waals surface area (Å²) >= 11 is 11.9. The van der Waals surface area contributed by atoms with E-state index in [-0.39, 0.29) is 33.0 Å². The van der Waals surface area contributed by atoms with Crippen LogP contribution in [0.5, 0.6) is 17.4 Å². The Morgan fingerprint density at radius 2 is 1.90 bits per heavy atom. The number of methoxy groups -OCH3 is 1. The molecule has 0 aliphatic heterocycles. The van der Waals surface area contributed by atoms with Crippen molar-refractivity contribution in [1.82, 2.24) is 4.98 Å². The van der Waals surface area contributed by atoms with E-state index in [1.54, 1.807) is 6.92 Å². The first-order valence-electron chi connectivity index (χ1n) is 8.16. The van der Waals surface area contributed by atoms with Gasteiger partial charge in [-0.3, -0.25) is 4.72 Å². The maximum atomic E-state index is 14.2. The average Bonchev–Trinajstić information content (AvgIpc) is 2.67. The molecule has 3 rings (SSSR count). The van der Waals surface area contributed by atoms with Gasteiger partial charge >= 0.3 is 0 Å². The monoisotopic (exact) mass is 456 g/mol. The Balaban J connectivity index is 2.01. The van der Waals surface area contributed by atoms with E-state index >= 15 is 0 Å². The highest BCUT2D eigenvalue weighted by atomic mass is 35.5. The maximum Gasteiger partial charge on any atom is 0.262 e. The lowest BCUT2D eigenvalue weighted by Gasteiger charge is -2.15. The van der Waals surface area contributed by atoms with E-state index in [0.29, 0.717) is 10.6 Å². The topological polar surface area (TPSA) is 77.5 Å². The molecule has 29 heavy (non-hydrogen) atoms. The van der Waals surface area contributed by atoms with Gasteiger partial charge in [0.25, 0.3) is 10.0 Å². The summed E-state index contributed by atoms with van der Waals surface area (Å²) in [5.74, 6) is -1.04. The number of benzene rings is 2. The SMILES string of the molecule is COc1cccc(F)c1Oc1ncc(Cl)cc1NS(=O)(=O)c1ccc(Cl)c(C)c1. The van der Waals surface area contributed by atoms with Gasteiger partial charge in [-0.15, -0.1) is 0 Å². The molecule has 0 aliphatic carbocycles. The third kappa shape index (κ3) is 4.72. The fraction of sp³-hybridized carbons (Fsp3) is 0.105. The van der Waals surface area contributed by atoms with Crippen LogP contribution >= 0.6 is 23.2 Å². The standard InChI is InChI=1S/C19H15Cl2FN2O4S/c1-11-8-13(6-7-14(11)21)29(25,26)24-16-9-12(20)10-23-19(16)28-18-15(22)4-3-5-17(18)27-2/h3-10,24H,1-2H3. The van der Waals surface area contributed by atoms with Crippen LogP contribution in [0.2, 0.25) is 10.0 Å². The molecule has 0 saturated carbocycles. The number of halogens is 3. The maximum absolute atomic E-state index is 14.2. The number of hydrogen-bond acceptors (Lipinski definition) is 5. The van der Waals surface area contributed by atoms with Crippen LogP contribution in [0.1, 0.15) is 5.56 Å². The van der Waals surface area contributed by atoms with E-state index in [1.807, 2.05) is 0 Å². The second-order valence-corrected chi connectivity index (χ2v) is 8.42. The van der Waals surface area contributed by atoms with Gasteiger partial charge in [-0.25, -0.2) is 17.8 Å². The third-order valence-corrected chi connectivity index (χ3v) is 5.85. The van der Waals surface area contributed by atoms with Gasteiger partial charge in [0.2, 0.25) is 11.6 Å². The lowest BCUT2D eigenvalue weighted by Crippen LogP contribution is -2.14.